The first kappa shape index (κ1) is 40.3. The molecule has 3 N–H and O–H groups in total. The summed E-state index contributed by atoms with van der Waals surface area (Å²) in [6.07, 6.45) is 2.79. The van der Waals surface area contributed by atoms with Crippen LogP contribution in [-0.4, -0.2) is 77.0 Å². The van der Waals surface area contributed by atoms with Crippen LogP contribution >= 0.6 is 15.8 Å². The maximum Gasteiger partial charge on any atom is 0.300 e. The molecule has 0 unspecified atom stereocenters. The van der Waals surface area contributed by atoms with Gasteiger partial charge in [-0.3, -0.25) is 9.59 Å². The average Bonchev–Trinajstić information content (AvgIpc) is 2.53. The minimum Gasteiger partial charge on any atom is -0.481 e. The normalized spacial score (nSPS) is 10.0. The third kappa shape index (κ3) is 35.4. The smallest absolute Gasteiger partial charge is 0.300 e. The van der Waals surface area contributed by atoms with Gasteiger partial charge in [-0.1, -0.05) is 55.4 Å². The molecule has 0 fully saturated rings. The number of hydrogen-bond acceptors (Lipinski definition) is 4. The van der Waals surface area contributed by atoms with Gasteiger partial charge >= 0.3 is 0 Å². The van der Waals surface area contributed by atoms with Gasteiger partial charge in [-0.15, -0.1) is 15.8 Å². The quantitative estimate of drug-likeness (QED) is 0.213. The van der Waals surface area contributed by atoms with E-state index >= 15 is 0 Å². The number of carboxylic acids is 2. The molecule has 184 valence electrons. The number of rotatable bonds is 10. The summed E-state index contributed by atoms with van der Waals surface area (Å²) in [5.74, 6) is -1.67. The van der Waals surface area contributed by atoms with Crippen LogP contribution in [0, 0.1) is 0 Å². The van der Waals surface area contributed by atoms with Crippen molar-refractivity contribution in [3.63, 3.8) is 0 Å². The number of hydrogen-bond donors (Lipinski definition) is 3. The van der Waals surface area contributed by atoms with E-state index < -0.39 is 11.9 Å². The third-order valence-corrected chi connectivity index (χ3v) is 10.5. The Balaban J connectivity index is -0.000000159. The van der Waals surface area contributed by atoms with Crippen molar-refractivity contribution >= 4 is 34.6 Å². The van der Waals surface area contributed by atoms with Gasteiger partial charge in [0.05, 0.1) is 0 Å². The number of carboxylic acid groups (broad SMARTS) is 2. The second-order valence-electron chi connectivity index (χ2n) is 7.64. The molecule has 0 aliphatic rings. The van der Waals surface area contributed by atoms with Gasteiger partial charge in [-0.05, 0) is 48.0 Å². The predicted molar refractivity (Wildman–Crippen MR) is 131 cm³/mol. The monoisotopic (exact) mass is 511 g/mol. The summed E-state index contributed by atoms with van der Waals surface area (Å²) >= 11 is 0. The molecule has 30 heavy (non-hydrogen) atoms. The fourth-order valence-corrected chi connectivity index (χ4v) is 8.05. The summed E-state index contributed by atoms with van der Waals surface area (Å²) in [5.41, 5.74) is 3.50. The summed E-state index contributed by atoms with van der Waals surface area (Å²) in [6.45, 7) is 25.7. The van der Waals surface area contributed by atoms with Crippen LogP contribution in [-0.2, 0) is 31.5 Å². The van der Waals surface area contributed by atoms with Crippen molar-refractivity contribution < 1.29 is 41.7 Å². The molecule has 0 saturated heterocycles. The van der Waals surface area contributed by atoms with Crippen molar-refractivity contribution in [1.29, 1.82) is 0 Å². The standard InChI is InChI=1S/C16H37NP2.2C2H4O2.CH2O.Fe/c1-13(2)18(14(3)4)11-9-17-10-12-19(15(5)6)16(7)8;2*1-2(3)4;1-2;/h13-17H,9-12H2,1-8H3;2*1H3,(H,3,4);1H2;. The van der Waals surface area contributed by atoms with Crippen LogP contribution in [0.2, 0.25) is 0 Å². The van der Waals surface area contributed by atoms with Crippen molar-refractivity contribution in [2.24, 2.45) is 0 Å². The molecule has 0 rings (SSSR count). The summed E-state index contributed by atoms with van der Waals surface area (Å²) < 4.78 is 0. The largest absolute Gasteiger partial charge is 0.481 e. The molecule has 0 aliphatic carbocycles. The Morgan fingerprint density at radius 1 is 0.700 bits per heavy atom. The molecule has 0 aromatic carbocycles. The molecule has 0 atom stereocenters. The number of carbonyl (C=O) groups excluding carboxylic acids is 1. The summed E-state index contributed by atoms with van der Waals surface area (Å²) in [7, 11) is 0.415. The van der Waals surface area contributed by atoms with Crippen LogP contribution in [0.1, 0.15) is 69.2 Å². The topological polar surface area (TPSA) is 104 Å². The number of aliphatic carboxylic acids is 2. The molecule has 0 heterocycles. The van der Waals surface area contributed by atoms with Gasteiger partial charge in [0.15, 0.2) is 0 Å². The molecule has 0 aromatic heterocycles. The number of nitrogens with one attached hydrogen (secondary N) is 1. The van der Waals surface area contributed by atoms with Gasteiger partial charge < -0.3 is 20.3 Å². The van der Waals surface area contributed by atoms with Crippen molar-refractivity contribution in [2.75, 3.05) is 25.4 Å². The Morgan fingerprint density at radius 2 is 0.867 bits per heavy atom. The zero-order valence-corrected chi connectivity index (χ0v) is 23.6. The second kappa shape index (κ2) is 27.0. The molecule has 0 aliphatic heterocycles. The van der Waals surface area contributed by atoms with E-state index in [4.69, 9.17) is 24.6 Å². The van der Waals surface area contributed by atoms with Gasteiger partial charge in [0.1, 0.15) is 6.79 Å². The molecule has 0 spiro atoms. The van der Waals surface area contributed by atoms with E-state index in [1.54, 1.807) is 0 Å². The minimum absolute atomic E-state index is 0. The number of carbonyl (C=O) groups is 3. The maximum absolute atomic E-state index is 9.00. The first-order chi connectivity index (χ1) is 13.2. The van der Waals surface area contributed by atoms with Crippen molar-refractivity contribution in [1.82, 2.24) is 5.32 Å². The van der Waals surface area contributed by atoms with E-state index in [0.29, 0.717) is 0 Å². The van der Waals surface area contributed by atoms with Gasteiger partial charge in [-0.2, -0.15) is 0 Å². The molecular weight excluding hydrogens is 464 g/mol. The SMILES string of the molecule is C=O.CC(=O)O.CC(=O)O.CC(C)P(CCNCCP(C(C)C)C(C)C)C(C)C.[Fe]. The molecule has 9 heteroatoms. The van der Waals surface area contributed by atoms with Gasteiger partial charge in [0, 0.05) is 30.9 Å². The zero-order valence-electron chi connectivity index (χ0n) is 20.7. The molecule has 6 nitrogen and oxygen atoms in total. The Hall–Kier alpha value is -0.0505. The van der Waals surface area contributed by atoms with Crippen LogP contribution in [0.25, 0.3) is 0 Å². The summed E-state index contributed by atoms with van der Waals surface area (Å²) in [6, 6.07) is 0. The molecule has 0 aromatic rings. The maximum atomic E-state index is 9.00. The van der Waals surface area contributed by atoms with Crippen molar-refractivity contribution in [3.05, 3.63) is 0 Å². The van der Waals surface area contributed by atoms with Crippen molar-refractivity contribution in [2.45, 2.75) is 91.9 Å². The molecule has 0 bridgehead atoms. The zero-order chi connectivity index (χ0) is 24.2. The average molecular weight is 511 g/mol. The van der Waals surface area contributed by atoms with E-state index in [-0.39, 0.29) is 32.9 Å². The van der Waals surface area contributed by atoms with Gasteiger partial charge in [-0.25, -0.2) is 0 Å². The first-order valence-corrected chi connectivity index (χ1v) is 13.5. The molecular formula is C21H47FeNO5P2. The summed E-state index contributed by atoms with van der Waals surface area (Å²) in [5, 5.41) is 18.5. The molecule has 0 saturated carbocycles. The van der Waals surface area contributed by atoms with Crippen LogP contribution in [0.3, 0.4) is 0 Å². The predicted octanol–water partition coefficient (Wildman–Crippen LogP) is 5.17. The van der Waals surface area contributed by atoms with E-state index in [2.05, 4.69) is 60.7 Å². The Labute approximate surface area is 198 Å². The van der Waals surface area contributed by atoms with Crippen LogP contribution in [0.5, 0.6) is 0 Å². The van der Waals surface area contributed by atoms with Gasteiger partial charge in [0.2, 0.25) is 0 Å². The Bertz CT molecular complexity index is 340. The fourth-order valence-electron chi connectivity index (χ4n) is 2.77. The van der Waals surface area contributed by atoms with Crippen LogP contribution in [0.4, 0.5) is 0 Å². The van der Waals surface area contributed by atoms with E-state index in [1.165, 1.54) is 25.4 Å². The second-order valence-corrected chi connectivity index (χ2v) is 14.7. The molecule has 0 radical (unpaired) electrons. The Morgan fingerprint density at radius 3 is 1.00 bits per heavy atom. The molecule has 0 amide bonds. The first-order valence-electron chi connectivity index (χ1n) is 10.1. The van der Waals surface area contributed by atoms with E-state index in [9.17, 15) is 0 Å². The minimum atomic E-state index is -0.833. The third-order valence-electron chi connectivity index (χ3n) is 3.75. The summed E-state index contributed by atoms with van der Waals surface area (Å²) in [4.78, 5) is 26.0. The van der Waals surface area contributed by atoms with E-state index in [1.807, 2.05) is 6.79 Å². The fraction of sp³-hybridized carbons (Fsp3) is 0.857. The Kier molecular flexibility index (Phi) is 36.3. The van der Waals surface area contributed by atoms with Crippen LogP contribution < -0.4 is 5.32 Å². The van der Waals surface area contributed by atoms with E-state index in [0.717, 1.165) is 36.5 Å². The van der Waals surface area contributed by atoms with Crippen LogP contribution in [0.15, 0.2) is 0 Å². The van der Waals surface area contributed by atoms with Crippen molar-refractivity contribution in [3.8, 4) is 0 Å². The van der Waals surface area contributed by atoms with Gasteiger partial charge in [0.25, 0.3) is 11.9 Å².